The highest BCUT2D eigenvalue weighted by molar-refractivity contribution is 5.81. The largest absolute Gasteiger partial charge is 0.490 e. The van der Waals surface area contributed by atoms with Gasteiger partial charge in [-0.25, -0.2) is 4.79 Å². The van der Waals surface area contributed by atoms with Crippen LogP contribution >= 0.6 is 0 Å². The molecule has 0 N–H and O–H groups in total. The van der Waals surface area contributed by atoms with E-state index in [0.717, 1.165) is 24.9 Å². The van der Waals surface area contributed by atoms with Gasteiger partial charge in [-0.15, -0.1) is 0 Å². The van der Waals surface area contributed by atoms with E-state index in [1.54, 1.807) is 0 Å². The Hall–Kier alpha value is -1.97. The zero-order valence-electron chi connectivity index (χ0n) is 14.4. The Morgan fingerprint density at radius 3 is 2.48 bits per heavy atom. The summed E-state index contributed by atoms with van der Waals surface area (Å²) in [5.74, 6) is 0.378. The number of hydrogen-bond donors (Lipinski definition) is 0. The molecule has 4 nitrogen and oxygen atoms in total. The van der Waals surface area contributed by atoms with Gasteiger partial charge in [0.05, 0.1) is 0 Å². The summed E-state index contributed by atoms with van der Waals surface area (Å²) in [5.41, 5.74) is 1.19. The summed E-state index contributed by atoms with van der Waals surface area (Å²) in [6.07, 6.45) is 5.90. The average Bonchev–Trinajstić information content (AvgIpc) is 2.59. The van der Waals surface area contributed by atoms with Gasteiger partial charge in [0.1, 0.15) is 19.0 Å². The van der Waals surface area contributed by atoms with Crippen molar-refractivity contribution < 1.29 is 14.3 Å². The summed E-state index contributed by atoms with van der Waals surface area (Å²) < 4.78 is 10.6. The number of anilines is 1. The number of hydrogen-bond acceptors (Lipinski definition) is 4. The maximum atomic E-state index is 11.0. The van der Waals surface area contributed by atoms with Gasteiger partial charge >= 0.3 is 5.97 Å². The molecule has 0 aromatic heterocycles. The van der Waals surface area contributed by atoms with Gasteiger partial charge in [0, 0.05) is 30.9 Å². The summed E-state index contributed by atoms with van der Waals surface area (Å²) in [7, 11) is 0. The minimum Gasteiger partial charge on any atom is -0.490 e. The second kappa shape index (κ2) is 11.6. The van der Waals surface area contributed by atoms with Crippen molar-refractivity contribution in [1.82, 2.24) is 0 Å². The van der Waals surface area contributed by atoms with Gasteiger partial charge < -0.3 is 14.4 Å². The van der Waals surface area contributed by atoms with Crippen LogP contribution in [0.5, 0.6) is 5.75 Å². The van der Waals surface area contributed by atoms with Crippen molar-refractivity contribution in [2.45, 2.75) is 39.5 Å². The van der Waals surface area contributed by atoms with E-state index >= 15 is 0 Å². The van der Waals surface area contributed by atoms with Crippen molar-refractivity contribution in [2.75, 3.05) is 31.2 Å². The van der Waals surface area contributed by atoms with Gasteiger partial charge in [0.15, 0.2) is 0 Å². The summed E-state index contributed by atoms with van der Waals surface area (Å²) in [6, 6.07) is 8.11. The number of benzene rings is 1. The third-order valence-corrected chi connectivity index (χ3v) is 3.51. The molecule has 1 rings (SSSR count). The Kier molecular flexibility index (Phi) is 9.60. The monoisotopic (exact) mass is 319 g/mol. The van der Waals surface area contributed by atoms with Crippen LogP contribution in [0.15, 0.2) is 36.9 Å². The first kappa shape index (κ1) is 19.1. The first-order chi connectivity index (χ1) is 11.2. The molecular weight excluding hydrogens is 290 g/mol. The van der Waals surface area contributed by atoms with Gasteiger partial charge in [0.25, 0.3) is 0 Å². The number of ether oxygens (including phenoxy) is 2. The molecule has 0 atom stereocenters. The highest BCUT2D eigenvalue weighted by Crippen LogP contribution is 2.22. The molecule has 0 bridgehead atoms. The van der Waals surface area contributed by atoms with Gasteiger partial charge in [-0.3, -0.25) is 0 Å². The summed E-state index contributed by atoms with van der Waals surface area (Å²) in [4.78, 5) is 13.4. The lowest BCUT2D eigenvalue weighted by Gasteiger charge is -2.25. The molecule has 0 saturated heterocycles. The molecule has 0 heterocycles. The molecule has 0 aliphatic carbocycles. The maximum Gasteiger partial charge on any atom is 0.330 e. The molecule has 128 valence electrons. The number of carbonyl (C=O) groups excluding carboxylic acids is 1. The zero-order chi connectivity index (χ0) is 16.9. The molecule has 0 saturated carbocycles. The van der Waals surface area contributed by atoms with E-state index in [4.69, 9.17) is 9.47 Å². The SMILES string of the molecule is C=CC(=O)OCCOc1cccc(N(CCCC)CCCC)c1. The van der Waals surface area contributed by atoms with Crippen LogP contribution in [0, 0.1) is 0 Å². The van der Waals surface area contributed by atoms with E-state index in [0.29, 0.717) is 6.61 Å². The lowest BCUT2D eigenvalue weighted by molar-refractivity contribution is -0.138. The van der Waals surface area contributed by atoms with E-state index < -0.39 is 5.97 Å². The van der Waals surface area contributed by atoms with Crippen molar-refractivity contribution in [2.24, 2.45) is 0 Å². The Bertz CT molecular complexity index is 465. The lowest BCUT2D eigenvalue weighted by Crippen LogP contribution is -2.25. The molecule has 0 amide bonds. The van der Waals surface area contributed by atoms with Crippen LogP contribution < -0.4 is 9.64 Å². The zero-order valence-corrected chi connectivity index (χ0v) is 14.4. The molecule has 1 aromatic rings. The highest BCUT2D eigenvalue weighted by Gasteiger charge is 2.07. The third-order valence-electron chi connectivity index (χ3n) is 3.51. The quantitative estimate of drug-likeness (QED) is 0.329. The van der Waals surface area contributed by atoms with Crippen LogP contribution in [-0.2, 0) is 9.53 Å². The second-order valence-electron chi connectivity index (χ2n) is 5.41. The predicted octanol–water partition coefficient (Wildman–Crippen LogP) is 4.20. The minimum absolute atomic E-state index is 0.227. The van der Waals surface area contributed by atoms with E-state index in [1.165, 1.54) is 31.4 Å². The van der Waals surface area contributed by atoms with E-state index in [-0.39, 0.29) is 6.61 Å². The minimum atomic E-state index is -0.423. The normalized spacial score (nSPS) is 10.2. The molecule has 0 aliphatic heterocycles. The van der Waals surface area contributed by atoms with Crippen molar-refractivity contribution >= 4 is 11.7 Å². The standard InChI is InChI=1S/C19H29NO3/c1-4-7-12-20(13-8-5-2)17-10-9-11-18(16-17)22-14-15-23-19(21)6-3/h6,9-11,16H,3-5,7-8,12-15H2,1-2H3. The van der Waals surface area contributed by atoms with Crippen LogP contribution in [0.3, 0.4) is 0 Å². The van der Waals surface area contributed by atoms with Crippen LogP contribution in [0.25, 0.3) is 0 Å². The number of esters is 1. The number of nitrogens with zero attached hydrogens (tertiary/aromatic N) is 1. The van der Waals surface area contributed by atoms with Crippen LogP contribution in [0.4, 0.5) is 5.69 Å². The Labute approximate surface area is 140 Å². The lowest BCUT2D eigenvalue weighted by atomic mass is 10.2. The van der Waals surface area contributed by atoms with Gasteiger partial charge in [-0.05, 0) is 25.0 Å². The van der Waals surface area contributed by atoms with Gasteiger partial charge in [0.2, 0.25) is 0 Å². The molecule has 0 spiro atoms. The summed E-state index contributed by atoms with van der Waals surface area (Å²) >= 11 is 0. The van der Waals surface area contributed by atoms with Gasteiger partial charge in [-0.1, -0.05) is 39.3 Å². The Morgan fingerprint density at radius 2 is 1.87 bits per heavy atom. The van der Waals surface area contributed by atoms with Crippen molar-refractivity contribution in [3.63, 3.8) is 0 Å². The Balaban J connectivity index is 2.57. The molecular formula is C19H29NO3. The molecule has 0 fully saturated rings. The number of rotatable bonds is 12. The van der Waals surface area contributed by atoms with Crippen molar-refractivity contribution in [1.29, 1.82) is 0 Å². The number of carbonyl (C=O) groups is 1. The molecule has 4 heteroatoms. The predicted molar refractivity (Wildman–Crippen MR) is 95.1 cm³/mol. The Morgan fingerprint density at radius 1 is 1.17 bits per heavy atom. The molecule has 0 radical (unpaired) electrons. The van der Waals surface area contributed by atoms with Gasteiger partial charge in [-0.2, -0.15) is 0 Å². The average molecular weight is 319 g/mol. The second-order valence-corrected chi connectivity index (χ2v) is 5.41. The van der Waals surface area contributed by atoms with E-state index in [2.05, 4.69) is 37.5 Å². The third kappa shape index (κ3) is 7.73. The topological polar surface area (TPSA) is 38.8 Å². The fourth-order valence-corrected chi connectivity index (χ4v) is 2.20. The fourth-order valence-electron chi connectivity index (χ4n) is 2.20. The van der Waals surface area contributed by atoms with Crippen LogP contribution in [0.2, 0.25) is 0 Å². The smallest absolute Gasteiger partial charge is 0.330 e. The molecule has 0 aliphatic rings. The number of unbranched alkanes of at least 4 members (excludes halogenated alkanes) is 2. The first-order valence-electron chi connectivity index (χ1n) is 8.48. The van der Waals surface area contributed by atoms with E-state index in [9.17, 15) is 4.79 Å². The molecule has 23 heavy (non-hydrogen) atoms. The van der Waals surface area contributed by atoms with Crippen molar-refractivity contribution in [3.8, 4) is 5.75 Å². The van der Waals surface area contributed by atoms with E-state index in [1.807, 2.05) is 12.1 Å². The molecule has 0 unspecified atom stereocenters. The maximum absolute atomic E-state index is 11.0. The first-order valence-corrected chi connectivity index (χ1v) is 8.48. The highest BCUT2D eigenvalue weighted by atomic mass is 16.6. The van der Waals surface area contributed by atoms with Crippen LogP contribution in [0.1, 0.15) is 39.5 Å². The van der Waals surface area contributed by atoms with Crippen molar-refractivity contribution in [3.05, 3.63) is 36.9 Å². The summed E-state index contributed by atoms with van der Waals surface area (Å²) in [5, 5.41) is 0. The fraction of sp³-hybridized carbons (Fsp3) is 0.526. The molecule has 1 aromatic carbocycles. The summed E-state index contributed by atoms with van der Waals surface area (Å²) in [6.45, 7) is 10.5. The van der Waals surface area contributed by atoms with Crippen LogP contribution in [-0.4, -0.2) is 32.3 Å².